The highest BCUT2D eigenvalue weighted by atomic mass is 16.5. The summed E-state index contributed by atoms with van der Waals surface area (Å²) in [6.45, 7) is 1.39. The van der Waals surface area contributed by atoms with Crippen LogP contribution in [0.1, 0.15) is 38.5 Å². The summed E-state index contributed by atoms with van der Waals surface area (Å²) in [5.41, 5.74) is 5.52. The van der Waals surface area contributed by atoms with Crippen molar-refractivity contribution in [2.75, 3.05) is 33.9 Å². The van der Waals surface area contributed by atoms with E-state index in [1.54, 1.807) is 14.2 Å². The van der Waals surface area contributed by atoms with Crippen LogP contribution < -0.4 is 11.1 Å². The second-order valence-corrected chi connectivity index (χ2v) is 5.42. The monoisotopic (exact) mass is 272 g/mol. The molecule has 0 saturated heterocycles. The number of methoxy groups -OCH3 is 2. The van der Waals surface area contributed by atoms with Crippen molar-refractivity contribution in [3.63, 3.8) is 0 Å². The van der Waals surface area contributed by atoms with Crippen LogP contribution in [0.25, 0.3) is 0 Å². The minimum atomic E-state index is -0.373. The molecule has 0 spiro atoms. The molecule has 0 aliphatic heterocycles. The maximum absolute atomic E-state index is 12.4. The average molecular weight is 272 g/mol. The van der Waals surface area contributed by atoms with Crippen LogP contribution in [0.2, 0.25) is 0 Å². The third-order valence-electron chi connectivity index (χ3n) is 4.11. The number of rotatable bonds is 7. The lowest BCUT2D eigenvalue weighted by molar-refractivity contribution is -0.132. The van der Waals surface area contributed by atoms with Gasteiger partial charge in [-0.2, -0.15) is 0 Å². The molecule has 112 valence electrons. The lowest BCUT2D eigenvalue weighted by Gasteiger charge is -2.30. The summed E-state index contributed by atoms with van der Waals surface area (Å²) in [5.74, 6) is 0.0788. The van der Waals surface area contributed by atoms with E-state index in [2.05, 4.69) is 5.32 Å². The number of hydrogen-bond donors (Lipinski definition) is 2. The van der Waals surface area contributed by atoms with Crippen molar-refractivity contribution in [3.05, 3.63) is 0 Å². The van der Waals surface area contributed by atoms with E-state index in [1.807, 2.05) is 0 Å². The Morgan fingerprint density at radius 1 is 1.26 bits per heavy atom. The van der Waals surface area contributed by atoms with Crippen molar-refractivity contribution in [2.45, 2.75) is 44.6 Å². The van der Waals surface area contributed by atoms with Gasteiger partial charge in [0.05, 0.1) is 18.1 Å². The van der Waals surface area contributed by atoms with E-state index in [-0.39, 0.29) is 17.4 Å². The molecule has 1 aliphatic carbocycles. The first-order chi connectivity index (χ1) is 9.18. The molecule has 1 rings (SSSR count). The SMILES string of the molecule is COCC(CNC(=O)C1(CN)CCCCCC1)OC. The summed E-state index contributed by atoms with van der Waals surface area (Å²) in [6.07, 6.45) is 6.30. The van der Waals surface area contributed by atoms with Crippen LogP contribution in [-0.2, 0) is 14.3 Å². The third-order valence-corrected chi connectivity index (χ3v) is 4.11. The summed E-state index contributed by atoms with van der Waals surface area (Å²) in [7, 11) is 3.25. The van der Waals surface area contributed by atoms with Crippen molar-refractivity contribution in [1.82, 2.24) is 5.32 Å². The van der Waals surface area contributed by atoms with E-state index in [4.69, 9.17) is 15.2 Å². The number of nitrogens with two attached hydrogens (primary N) is 1. The molecule has 1 atom stereocenters. The fourth-order valence-electron chi connectivity index (χ4n) is 2.72. The number of ether oxygens (including phenoxy) is 2. The molecule has 0 aromatic rings. The Kier molecular flexibility index (Phi) is 7.34. The predicted molar refractivity (Wildman–Crippen MR) is 74.9 cm³/mol. The van der Waals surface area contributed by atoms with E-state index in [1.165, 1.54) is 12.8 Å². The van der Waals surface area contributed by atoms with Crippen LogP contribution in [0.15, 0.2) is 0 Å². The lowest BCUT2D eigenvalue weighted by atomic mass is 9.79. The molecule has 1 unspecified atom stereocenters. The van der Waals surface area contributed by atoms with Crippen molar-refractivity contribution >= 4 is 5.91 Å². The maximum Gasteiger partial charge on any atom is 0.227 e. The van der Waals surface area contributed by atoms with Gasteiger partial charge in [0.2, 0.25) is 5.91 Å². The highest BCUT2D eigenvalue weighted by Crippen LogP contribution is 2.34. The molecular weight excluding hydrogens is 244 g/mol. The Bertz CT molecular complexity index is 263. The third kappa shape index (κ3) is 4.75. The van der Waals surface area contributed by atoms with Gasteiger partial charge in [-0.1, -0.05) is 25.7 Å². The normalized spacial score (nSPS) is 20.6. The Balaban J connectivity index is 2.52. The van der Waals surface area contributed by atoms with E-state index >= 15 is 0 Å². The van der Waals surface area contributed by atoms with Gasteiger partial charge in [0, 0.05) is 27.3 Å². The molecule has 5 nitrogen and oxygen atoms in total. The topological polar surface area (TPSA) is 73.6 Å². The van der Waals surface area contributed by atoms with Crippen LogP contribution in [0.4, 0.5) is 0 Å². The molecular formula is C14H28N2O3. The summed E-state index contributed by atoms with van der Waals surface area (Å²) >= 11 is 0. The molecule has 0 aromatic heterocycles. The number of amides is 1. The van der Waals surface area contributed by atoms with E-state index < -0.39 is 0 Å². The smallest absolute Gasteiger partial charge is 0.227 e. The lowest BCUT2D eigenvalue weighted by Crippen LogP contribution is -2.48. The Labute approximate surface area is 116 Å². The van der Waals surface area contributed by atoms with Crippen LogP contribution in [0, 0.1) is 5.41 Å². The van der Waals surface area contributed by atoms with Crippen LogP contribution in [0.5, 0.6) is 0 Å². The number of nitrogens with one attached hydrogen (secondary N) is 1. The molecule has 1 aliphatic rings. The van der Waals surface area contributed by atoms with Crippen LogP contribution in [0.3, 0.4) is 0 Å². The first-order valence-corrected chi connectivity index (χ1v) is 7.18. The highest BCUT2D eigenvalue weighted by Gasteiger charge is 2.37. The second-order valence-electron chi connectivity index (χ2n) is 5.42. The second kappa shape index (κ2) is 8.51. The molecule has 1 amide bonds. The van der Waals surface area contributed by atoms with Crippen molar-refractivity contribution in [2.24, 2.45) is 11.1 Å². The van der Waals surface area contributed by atoms with Gasteiger partial charge in [-0.3, -0.25) is 4.79 Å². The molecule has 19 heavy (non-hydrogen) atoms. The number of hydrogen-bond acceptors (Lipinski definition) is 4. The Morgan fingerprint density at radius 3 is 2.37 bits per heavy atom. The van der Waals surface area contributed by atoms with E-state index in [0.717, 1.165) is 25.7 Å². The molecule has 5 heteroatoms. The fraction of sp³-hybridized carbons (Fsp3) is 0.929. The zero-order valence-corrected chi connectivity index (χ0v) is 12.2. The molecule has 1 saturated carbocycles. The highest BCUT2D eigenvalue weighted by molar-refractivity contribution is 5.82. The number of carbonyl (C=O) groups excluding carboxylic acids is 1. The largest absolute Gasteiger partial charge is 0.382 e. The minimum absolute atomic E-state index is 0.0788. The number of carbonyl (C=O) groups is 1. The standard InChI is InChI=1S/C14H28N2O3/c1-18-10-12(19-2)9-16-13(17)14(11-15)7-5-3-4-6-8-14/h12H,3-11,15H2,1-2H3,(H,16,17). The molecule has 0 heterocycles. The van der Waals surface area contributed by atoms with Crippen molar-refractivity contribution in [1.29, 1.82) is 0 Å². The van der Waals surface area contributed by atoms with Crippen LogP contribution >= 0.6 is 0 Å². The molecule has 0 bridgehead atoms. The van der Waals surface area contributed by atoms with Gasteiger partial charge < -0.3 is 20.5 Å². The fourth-order valence-corrected chi connectivity index (χ4v) is 2.72. The predicted octanol–water partition coefficient (Wildman–Crippen LogP) is 1.06. The summed E-state index contributed by atoms with van der Waals surface area (Å²) in [5, 5.41) is 2.98. The van der Waals surface area contributed by atoms with Crippen molar-refractivity contribution < 1.29 is 14.3 Å². The van der Waals surface area contributed by atoms with Gasteiger partial charge in [-0.05, 0) is 12.8 Å². The van der Waals surface area contributed by atoms with E-state index in [9.17, 15) is 4.79 Å². The van der Waals surface area contributed by atoms with Gasteiger partial charge in [0.25, 0.3) is 0 Å². The minimum Gasteiger partial charge on any atom is -0.382 e. The van der Waals surface area contributed by atoms with Gasteiger partial charge in [-0.25, -0.2) is 0 Å². The maximum atomic E-state index is 12.4. The summed E-state index contributed by atoms with van der Waals surface area (Å²) in [4.78, 5) is 12.4. The zero-order valence-electron chi connectivity index (χ0n) is 12.2. The van der Waals surface area contributed by atoms with Crippen LogP contribution in [-0.4, -0.2) is 45.9 Å². The van der Waals surface area contributed by atoms with E-state index in [0.29, 0.717) is 19.7 Å². The first kappa shape index (κ1) is 16.4. The Morgan fingerprint density at radius 2 is 1.89 bits per heavy atom. The Hall–Kier alpha value is -0.650. The van der Waals surface area contributed by atoms with Crippen molar-refractivity contribution in [3.8, 4) is 0 Å². The van der Waals surface area contributed by atoms with Gasteiger partial charge >= 0.3 is 0 Å². The summed E-state index contributed by atoms with van der Waals surface area (Å²) < 4.78 is 10.3. The first-order valence-electron chi connectivity index (χ1n) is 7.18. The zero-order chi connectivity index (χ0) is 14.1. The molecule has 0 radical (unpaired) electrons. The molecule has 1 fully saturated rings. The molecule has 3 N–H and O–H groups in total. The van der Waals surface area contributed by atoms with Gasteiger partial charge in [-0.15, -0.1) is 0 Å². The van der Waals surface area contributed by atoms with Gasteiger partial charge in [0.1, 0.15) is 0 Å². The summed E-state index contributed by atoms with van der Waals surface area (Å²) in [6, 6.07) is 0. The average Bonchev–Trinajstić information content (AvgIpc) is 2.69. The van der Waals surface area contributed by atoms with Gasteiger partial charge in [0.15, 0.2) is 0 Å². The quantitative estimate of drug-likeness (QED) is 0.680. The molecule has 0 aromatic carbocycles.